The van der Waals surface area contributed by atoms with Crippen molar-refractivity contribution < 1.29 is 22.8 Å². The third-order valence-electron chi connectivity index (χ3n) is 3.29. The Hall–Kier alpha value is -2.74. The van der Waals surface area contributed by atoms with Gasteiger partial charge in [-0.15, -0.1) is 11.8 Å². The molecule has 0 atom stereocenters. The normalized spacial score (nSPS) is 10.7. The average Bonchev–Trinajstić information content (AvgIpc) is 3.08. The summed E-state index contributed by atoms with van der Waals surface area (Å²) in [6, 6.07) is 7.81. The van der Waals surface area contributed by atoms with E-state index in [2.05, 4.69) is 10.1 Å². The van der Waals surface area contributed by atoms with Gasteiger partial charge in [0.15, 0.2) is 5.76 Å². The van der Waals surface area contributed by atoms with E-state index in [0.717, 1.165) is 12.1 Å². The van der Waals surface area contributed by atoms with Gasteiger partial charge in [-0.2, -0.15) is 0 Å². The number of hydrogen-bond acceptors (Lipinski definition) is 6. The predicted molar refractivity (Wildman–Crippen MR) is 87.0 cm³/mol. The molecule has 0 aliphatic carbocycles. The molecule has 0 radical (unpaired) electrons. The van der Waals surface area contributed by atoms with Gasteiger partial charge in [-0.3, -0.25) is 0 Å². The lowest BCUT2D eigenvalue weighted by Crippen LogP contribution is -2.07. The number of halogens is 2. The van der Waals surface area contributed by atoms with Crippen LogP contribution in [0.5, 0.6) is 0 Å². The first kappa shape index (κ1) is 17.1. The zero-order valence-corrected chi connectivity index (χ0v) is 13.8. The number of carbonyl (C=O) groups is 1. The molecule has 0 saturated carbocycles. The first-order chi connectivity index (χ1) is 12.1. The SMILES string of the molecule is CSc1ncccc1C(=O)OCc1cc(-c2ccc(F)cc2F)on1. The van der Waals surface area contributed by atoms with E-state index in [0.29, 0.717) is 16.3 Å². The Balaban J connectivity index is 1.70. The number of carbonyl (C=O) groups excluding carboxylic acids is 1. The van der Waals surface area contributed by atoms with Crippen LogP contribution in [0.4, 0.5) is 8.78 Å². The summed E-state index contributed by atoms with van der Waals surface area (Å²) in [4.78, 5) is 16.2. The van der Waals surface area contributed by atoms with Crippen LogP contribution in [-0.4, -0.2) is 22.4 Å². The predicted octanol–water partition coefficient (Wildman–Crippen LogP) is 4.09. The highest BCUT2D eigenvalue weighted by atomic mass is 32.2. The van der Waals surface area contributed by atoms with Crippen LogP contribution in [0.25, 0.3) is 11.3 Å². The lowest BCUT2D eigenvalue weighted by molar-refractivity contribution is 0.0459. The quantitative estimate of drug-likeness (QED) is 0.503. The summed E-state index contributed by atoms with van der Waals surface area (Å²) in [6.07, 6.45) is 3.39. The second-order valence-corrected chi connectivity index (χ2v) is 5.74. The highest BCUT2D eigenvalue weighted by Crippen LogP contribution is 2.25. The standard InChI is InChI=1S/C17H12F2N2O3S/c1-25-16-13(3-2-6-20-16)17(22)23-9-11-8-15(24-21-11)12-5-4-10(18)7-14(12)19/h2-8H,9H2,1H3. The molecular formula is C17H12F2N2O3S. The van der Waals surface area contributed by atoms with Gasteiger partial charge in [-0.05, 0) is 30.5 Å². The zero-order valence-electron chi connectivity index (χ0n) is 13.0. The van der Waals surface area contributed by atoms with Crippen molar-refractivity contribution in [2.75, 3.05) is 6.26 Å². The van der Waals surface area contributed by atoms with Crippen LogP contribution in [0, 0.1) is 11.6 Å². The fourth-order valence-corrected chi connectivity index (χ4v) is 2.66. The van der Waals surface area contributed by atoms with Crippen LogP contribution in [0.2, 0.25) is 0 Å². The Morgan fingerprint density at radius 3 is 2.88 bits per heavy atom. The molecule has 2 heterocycles. The second kappa shape index (κ2) is 7.43. The van der Waals surface area contributed by atoms with Crippen molar-refractivity contribution in [3.8, 4) is 11.3 Å². The van der Waals surface area contributed by atoms with Crippen LogP contribution >= 0.6 is 11.8 Å². The molecule has 8 heteroatoms. The Kier molecular flexibility index (Phi) is 5.08. The first-order valence-electron chi connectivity index (χ1n) is 7.15. The van der Waals surface area contributed by atoms with Crippen molar-refractivity contribution in [1.82, 2.24) is 10.1 Å². The number of rotatable bonds is 5. The van der Waals surface area contributed by atoms with Gasteiger partial charge < -0.3 is 9.26 Å². The van der Waals surface area contributed by atoms with Crippen molar-refractivity contribution in [1.29, 1.82) is 0 Å². The Morgan fingerprint density at radius 2 is 2.12 bits per heavy atom. The van der Waals surface area contributed by atoms with Crippen LogP contribution in [0.1, 0.15) is 16.1 Å². The maximum absolute atomic E-state index is 13.7. The zero-order chi connectivity index (χ0) is 17.8. The Bertz CT molecular complexity index is 914. The molecule has 0 spiro atoms. The molecule has 0 amide bonds. The van der Waals surface area contributed by atoms with Crippen molar-refractivity contribution in [2.24, 2.45) is 0 Å². The van der Waals surface area contributed by atoms with Crippen LogP contribution in [0.15, 0.2) is 52.1 Å². The summed E-state index contributed by atoms with van der Waals surface area (Å²) in [5.41, 5.74) is 0.730. The molecule has 2 aromatic heterocycles. The van der Waals surface area contributed by atoms with Crippen molar-refractivity contribution >= 4 is 17.7 Å². The number of nitrogens with zero attached hydrogens (tertiary/aromatic N) is 2. The maximum atomic E-state index is 13.7. The van der Waals surface area contributed by atoms with Gasteiger partial charge in [0.2, 0.25) is 0 Å². The van der Waals surface area contributed by atoms with E-state index < -0.39 is 17.6 Å². The molecule has 3 rings (SSSR count). The molecule has 0 fully saturated rings. The second-order valence-electron chi connectivity index (χ2n) is 4.94. The molecule has 0 N–H and O–H groups in total. The minimum absolute atomic E-state index is 0.0726. The van der Waals surface area contributed by atoms with Crippen molar-refractivity contribution in [3.63, 3.8) is 0 Å². The van der Waals surface area contributed by atoms with Crippen molar-refractivity contribution in [2.45, 2.75) is 11.6 Å². The molecule has 0 aliphatic rings. The first-order valence-corrected chi connectivity index (χ1v) is 8.38. The van der Waals surface area contributed by atoms with Crippen LogP contribution in [-0.2, 0) is 11.3 Å². The third kappa shape index (κ3) is 3.85. The van der Waals surface area contributed by atoms with Gasteiger partial charge in [-0.25, -0.2) is 18.6 Å². The van der Waals surface area contributed by atoms with E-state index in [1.165, 1.54) is 23.9 Å². The number of esters is 1. The number of thioether (sulfide) groups is 1. The number of benzene rings is 1. The summed E-state index contributed by atoms with van der Waals surface area (Å²) in [6.45, 7) is -0.145. The van der Waals surface area contributed by atoms with E-state index in [1.807, 2.05) is 0 Å². The summed E-state index contributed by atoms with van der Waals surface area (Å²) in [5, 5.41) is 4.29. The largest absolute Gasteiger partial charge is 0.455 e. The average molecular weight is 362 g/mol. The molecule has 25 heavy (non-hydrogen) atoms. The molecule has 128 valence electrons. The van der Waals surface area contributed by atoms with E-state index in [4.69, 9.17) is 9.26 Å². The van der Waals surface area contributed by atoms with Gasteiger partial charge in [0, 0.05) is 18.3 Å². The molecule has 0 aliphatic heterocycles. The minimum atomic E-state index is -0.764. The summed E-state index contributed by atoms with van der Waals surface area (Å²) >= 11 is 1.33. The fourth-order valence-electron chi connectivity index (χ4n) is 2.12. The maximum Gasteiger partial charge on any atom is 0.341 e. The smallest absolute Gasteiger partial charge is 0.341 e. The lowest BCUT2D eigenvalue weighted by Gasteiger charge is -2.05. The number of aromatic nitrogens is 2. The number of pyridine rings is 1. The van der Waals surface area contributed by atoms with E-state index in [9.17, 15) is 13.6 Å². The summed E-state index contributed by atoms with van der Waals surface area (Å²) in [5.74, 6) is -1.87. The molecule has 0 saturated heterocycles. The molecule has 0 bridgehead atoms. The summed E-state index contributed by atoms with van der Waals surface area (Å²) in [7, 11) is 0. The van der Waals surface area contributed by atoms with Gasteiger partial charge in [0.25, 0.3) is 0 Å². The van der Waals surface area contributed by atoms with E-state index >= 15 is 0 Å². The molecule has 1 aromatic carbocycles. The summed E-state index contributed by atoms with van der Waals surface area (Å²) < 4.78 is 36.9. The molecule has 0 unspecified atom stereocenters. The van der Waals surface area contributed by atoms with Gasteiger partial charge in [0.05, 0.1) is 11.1 Å². The minimum Gasteiger partial charge on any atom is -0.455 e. The van der Waals surface area contributed by atoms with Crippen LogP contribution < -0.4 is 0 Å². The van der Waals surface area contributed by atoms with Crippen molar-refractivity contribution in [3.05, 3.63) is 65.5 Å². The van der Waals surface area contributed by atoms with E-state index in [-0.39, 0.29) is 17.9 Å². The molecule has 5 nitrogen and oxygen atoms in total. The highest BCUT2D eigenvalue weighted by molar-refractivity contribution is 7.98. The monoisotopic (exact) mass is 362 g/mol. The molecular weight excluding hydrogens is 350 g/mol. The Morgan fingerprint density at radius 1 is 1.28 bits per heavy atom. The van der Waals surface area contributed by atoms with Gasteiger partial charge in [-0.1, -0.05) is 5.16 Å². The van der Waals surface area contributed by atoms with Gasteiger partial charge in [0.1, 0.15) is 29.0 Å². The third-order valence-corrected chi connectivity index (χ3v) is 4.00. The van der Waals surface area contributed by atoms with Gasteiger partial charge >= 0.3 is 5.97 Å². The van der Waals surface area contributed by atoms with E-state index in [1.54, 1.807) is 24.6 Å². The lowest BCUT2D eigenvalue weighted by atomic mass is 10.1. The topological polar surface area (TPSA) is 65.2 Å². The fraction of sp³-hybridized carbons (Fsp3) is 0.118. The number of hydrogen-bond donors (Lipinski definition) is 0. The highest BCUT2D eigenvalue weighted by Gasteiger charge is 2.16. The number of ether oxygens (including phenoxy) is 1. The van der Waals surface area contributed by atoms with Crippen LogP contribution in [0.3, 0.4) is 0 Å². The Labute approximate surface area is 146 Å². The molecule has 3 aromatic rings.